The van der Waals surface area contributed by atoms with E-state index >= 15 is 0 Å². The lowest BCUT2D eigenvalue weighted by molar-refractivity contribution is 0.321. The Morgan fingerprint density at radius 1 is 0.474 bits per heavy atom. The Labute approximate surface area is 120 Å². The maximum Gasteiger partial charge on any atom is 0.00461 e. The van der Waals surface area contributed by atoms with Crippen LogP contribution in [0.5, 0.6) is 0 Å². The Balaban J connectivity index is -0.0000000825. The van der Waals surface area contributed by atoms with Crippen LogP contribution in [0, 0.1) is 0 Å². The average molecular weight is 281 g/mol. The zero-order valence-corrected chi connectivity index (χ0v) is 13.3. The van der Waals surface area contributed by atoms with Gasteiger partial charge in [-0.1, -0.05) is 20.8 Å². The van der Waals surface area contributed by atoms with Crippen molar-refractivity contribution in [3.8, 4) is 0 Å². The van der Waals surface area contributed by atoms with Crippen molar-refractivity contribution in [3.05, 3.63) is 0 Å². The van der Waals surface area contributed by atoms with Crippen LogP contribution in [-0.2, 0) is 0 Å². The van der Waals surface area contributed by atoms with Gasteiger partial charge in [0.25, 0.3) is 0 Å². The van der Waals surface area contributed by atoms with E-state index in [9.17, 15) is 0 Å². The molecular formula is C12H39N7. The number of nitrogens with zero attached hydrogens (tertiary/aromatic N) is 1. The van der Waals surface area contributed by atoms with Gasteiger partial charge in [0.05, 0.1) is 0 Å². The molecule has 0 aromatic carbocycles. The first-order valence-electron chi connectivity index (χ1n) is 7.02. The number of hydrogen-bond acceptors (Lipinski definition) is 7. The van der Waals surface area contributed by atoms with Crippen LogP contribution in [0.25, 0.3) is 0 Å². The number of hydrogen-bond donors (Lipinski definition) is 6. The Morgan fingerprint density at radius 3 is 0.632 bits per heavy atom. The summed E-state index contributed by atoms with van der Waals surface area (Å²) in [6.07, 6.45) is 0. The third-order valence-electron chi connectivity index (χ3n) is 1.84. The second kappa shape index (κ2) is 36.1. The fourth-order valence-corrected chi connectivity index (χ4v) is 0.671. The normalized spacial score (nSPS) is 8.53. The first-order valence-corrected chi connectivity index (χ1v) is 7.02. The maximum absolute atomic E-state index is 4.90. The average Bonchev–Trinajstić information content (AvgIpc) is 2.49. The van der Waals surface area contributed by atoms with Gasteiger partial charge in [-0.3, -0.25) is 0 Å². The van der Waals surface area contributed by atoms with Crippen molar-refractivity contribution >= 4 is 0 Å². The topological polar surface area (TPSA) is 159 Å². The van der Waals surface area contributed by atoms with Crippen molar-refractivity contribution in [1.82, 2.24) is 4.90 Å². The van der Waals surface area contributed by atoms with Gasteiger partial charge < -0.3 is 39.3 Å². The van der Waals surface area contributed by atoms with Gasteiger partial charge in [-0.05, 0) is 19.6 Å². The lowest BCUT2D eigenvalue weighted by Gasteiger charge is -2.13. The van der Waals surface area contributed by atoms with E-state index in [1.807, 2.05) is 0 Å². The summed E-state index contributed by atoms with van der Waals surface area (Å²) in [5.41, 5.74) is 29.4. The summed E-state index contributed by atoms with van der Waals surface area (Å²) in [5, 5.41) is 0. The highest BCUT2D eigenvalue weighted by Gasteiger charge is 1.89. The molecule has 0 aliphatic rings. The van der Waals surface area contributed by atoms with Crippen molar-refractivity contribution in [2.75, 3.05) is 58.9 Å². The highest BCUT2D eigenvalue weighted by molar-refractivity contribution is 4.43. The fourth-order valence-electron chi connectivity index (χ4n) is 0.671. The molecule has 0 aromatic rings. The van der Waals surface area contributed by atoms with E-state index in [2.05, 4.69) is 25.7 Å². The molecule has 0 heterocycles. The monoisotopic (exact) mass is 281 g/mol. The van der Waals surface area contributed by atoms with Gasteiger partial charge in [0.15, 0.2) is 0 Å². The van der Waals surface area contributed by atoms with E-state index in [0.29, 0.717) is 39.3 Å². The molecule has 0 amide bonds. The van der Waals surface area contributed by atoms with Crippen LogP contribution in [0.2, 0.25) is 0 Å². The summed E-state index contributed by atoms with van der Waals surface area (Å²) < 4.78 is 0. The second-order valence-electron chi connectivity index (χ2n) is 3.35. The molecule has 7 nitrogen and oxygen atoms in total. The largest absolute Gasteiger partial charge is 0.329 e. The van der Waals surface area contributed by atoms with Gasteiger partial charge in [-0.25, -0.2) is 0 Å². The standard InChI is InChI=1S/C6H15N.3C2H8N2/c1-4-7(5-2)6-3;3*3-1-2-4/h4-6H2,1-3H3;3*1-4H2. The van der Waals surface area contributed by atoms with E-state index in [-0.39, 0.29) is 0 Å². The smallest absolute Gasteiger partial charge is 0.00461 e. The predicted octanol–water partition coefficient (Wildman–Crippen LogP) is -1.94. The summed E-state index contributed by atoms with van der Waals surface area (Å²) in [5.74, 6) is 0. The quantitative estimate of drug-likeness (QED) is 0.330. The van der Waals surface area contributed by atoms with Crippen LogP contribution in [0.3, 0.4) is 0 Å². The molecule has 0 aromatic heterocycles. The molecule has 0 unspecified atom stereocenters. The van der Waals surface area contributed by atoms with Gasteiger partial charge in [0.2, 0.25) is 0 Å². The third-order valence-corrected chi connectivity index (χ3v) is 1.84. The van der Waals surface area contributed by atoms with Gasteiger partial charge in [0.1, 0.15) is 0 Å². The number of nitrogens with two attached hydrogens (primary N) is 6. The van der Waals surface area contributed by atoms with Gasteiger partial charge >= 0.3 is 0 Å². The van der Waals surface area contributed by atoms with Crippen molar-refractivity contribution < 1.29 is 0 Å². The highest BCUT2D eigenvalue weighted by atomic mass is 15.1. The molecular weight excluding hydrogens is 242 g/mol. The molecule has 0 rings (SSSR count). The minimum Gasteiger partial charge on any atom is -0.329 e. The lowest BCUT2D eigenvalue weighted by Crippen LogP contribution is -2.21. The Bertz CT molecular complexity index is 79.1. The molecule has 0 aliphatic carbocycles. The van der Waals surface area contributed by atoms with Crippen LogP contribution < -0.4 is 34.4 Å². The molecule has 0 fully saturated rings. The molecule has 0 saturated carbocycles. The van der Waals surface area contributed by atoms with Crippen molar-refractivity contribution in [2.24, 2.45) is 34.4 Å². The van der Waals surface area contributed by atoms with Crippen LogP contribution in [-0.4, -0.2) is 63.8 Å². The van der Waals surface area contributed by atoms with Crippen molar-refractivity contribution in [1.29, 1.82) is 0 Å². The summed E-state index contributed by atoms with van der Waals surface area (Å²) >= 11 is 0. The minimum atomic E-state index is 0.597. The summed E-state index contributed by atoms with van der Waals surface area (Å²) in [7, 11) is 0. The Hall–Kier alpha value is -0.280. The lowest BCUT2D eigenvalue weighted by atomic mass is 10.5. The third kappa shape index (κ3) is 57.6. The molecule has 12 N–H and O–H groups in total. The number of rotatable bonds is 6. The highest BCUT2D eigenvalue weighted by Crippen LogP contribution is 1.81. The zero-order chi connectivity index (χ0) is 15.9. The van der Waals surface area contributed by atoms with Crippen molar-refractivity contribution in [2.45, 2.75) is 20.8 Å². The van der Waals surface area contributed by atoms with E-state index in [0.717, 1.165) is 0 Å². The molecule has 122 valence electrons. The van der Waals surface area contributed by atoms with Crippen LogP contribution in [0.4, 0.5) is 0 Å². The van der Waals surface area contributed by atoms with Crippen LogP contribution in [0.15, 0.2) is 0 Å². The first kappa shape index (κ1) is 27.1. The molecule has 0 aliphatic heterocycles. The second-order valence-corrected chi connectivity index (χ2v) is 3.35. The fraction of sp³-hybridized carbons (Fsp3) is 1.00. The Kier molecular flexibility index (Phi) is 51.5. The summed E-state index contributed by atoms with van der Waals surface area (Å²) in [4.78, 5) is 2.38. The molecule has 7 heteroatoms. The van der Waals surface area contributed by atoms with Crippen molar-refractivity contribution in [3.63, 3.8) is 0 Å². The summed E-state index contributed by atoms with van der Waals surface area (Å²) in [6, 6.07) is 0. The predicted molar refractivity (Wildman–Crippen MR) is 87.8 cm³/mol. The molecule has 0 atom stereocenters. The van der Waals surface area contributed by atoms with Crippen LogP contribution >= 0.6 is 0 Å². The maximum atomic E-state index is 4.90. The molecule has 0 saturated heterocycles. The van der Waals surface area contributed by atoms with Gasteiger partial charge in [0, 0.05) is 39.3 Å². The van der Waals surface area contributed by atoms with E-state index < -0.39 is 0 Å². The van der Waals surface area contributed by atoms with Gasteiger partial charge in [-0.15, -0.1) is 0 Å². The molecule has 0 radical (unpaired) electrons. The molecule has 19 heavy (non-hydrogen) atoms. The van der Waals surface area contributed by atoms with E-state index in [1.165, 1.54) is 19.6 Å². The van der Waals surface area contributed by atoms with Gasteiger partial charge in [-0.2, -0.15) is 0 Å². The molecule has 0 bridgehead atoms. The zero-order valence-electron chi connectivity index (χ0n) is 13.3. The minimum absolute atomic E-state index is 0.597. The summed E-state index contributed by atoms with van der Waals surface area (Å²) in [6.45, 7) is 13.7. The Morgan fingerprint density at radius 2 is 0.632 bits per heavy atom. The first-order chi connectivity index (χ1) is 9.09. The SMILES string of the molecule is CCN(CC)CC.NCCN.NCCN.NCCN. The van der Waals surface area contributed by atoms with E-state index in [4.69, 9.17) is 34.4 Å². The molecule has 0 spiro atoms. The van der Waals surface area contributed by atoms with Crippen LogP contribution in [0.1, 0.15) is 20.8 Å². The van der Waals surface area contributed by atoms with E-state index in [1.54, 1.807) is 0 Å².